The van der Waals surface area contributed by atoms with Crippen LogP contribution < -0.4 is 15.4 Å². The van der Waals surface area contributed by atoms with E-state index in [1.165, 1.54) is 55.1 Å². The third kappa shape index (κ3) is 21.3. The molecule has 3 aliphatic rings. The first-order chi connectivity index (χ1) is 48.7. The average molecular weight is 1440 g/mol. The van der Waals surface area contributed by atoms with Crippen molar-refractivity contribution in [1.29, 1.82) is 0 Å². The Balaban J connectivity index is 0.964. The Labute approximate surface area is 594 Å². The number of hydrogen-bond donors (Lipinski definition) is 7. The smallest absolute Gasteiger partial charge is 0.410 e. The van der Waals surface area contributed by atoms with Gasteiger partial charge < -0.3 is 93.0 Å². The predicted molar refractivity (Wildman–Crippen MR) is 366 cm³/mol. The number of rotatable bonds is 41. The molecule has 0 saturated carbocycles. The van der Waals surface area contributed by atoms with Crippen LogP contribution in [0.3, 0.4) is 0 Å². The highest BCUT2D eigenvalue weighted by Gasteiger charge is 2.47. The molecule has 7 N–H and O–H groups in total. The van der Waals surface area contributed by atoms with Gasteiger partial charge in [0.2, 0.25) is 29.9 Å². The van der Waals surface area contributed by atoms with Crippen molar-refractivity contribution in [1.82, 2.24) is 45.2 Å². The molecule has 5 heterocycles. The zero-order chi connectivity index (χ0) is 74.5. The summed E-state index contributed by atoms with van der Waals surface area (Å²) < 4.78 is 59.9. The van der Waals surface area contributed by atoms with Crippen molar-refractivity contribution >= 4 is 52.5 Å². The number of hydrogen-bond acceptors (Lipinski definition) is 24. The number of amides is 7. The van der Waals surface area contributed by atoms with Gasteiger partial charge in [-0.1, -0.05) is 90.4 Å². The summed E-state index contributed by atoms with van der Waals surface area (Å²) in [5, 5.41) is 67.5. The number of benzene rings is 2. The molecule has 566 valence electrons. The highest BCUT2D eigenvalue weighted by atomic mass is 16.7. The SMILES string of the molecule is CCC(C)[C@@H]([C@@H](CC(=O)N1CCC[C@H]1[C@H](OC)[C@@H](C)C(=O)N[C@H](C)[C@@H](O)c1ccccc1)OC)N(C)C(=O)[C@@H](NC(=O)[C@H](C(C)C)N(C)C(=O)OCc1ccc(O[C@@H]2O[C@H](CO)[C@H](O)[C@H](O)[C@H]2O)c2cc(Cn3cc(COCCOCCOCCOCCN4C(=O)C=CC4=O)nn3)oc12)C(C)C. The molecule has 7 amide bonds. The summed E-state index contributed by atoms with van der Waals surface area (Å²) in [5.74, 6) is -3.85. The van der Waals surface area contributed by atoms with Crippen LogP contribution in [0.25, 0.3) is 11.0 Å². The van der Waals surface area contributed by atoms with Crippen molar-refractivity contribution in [2.75, 3.05) is 94.3 Å². The molecule has 0 aliphatic carbocycles. The van der Waals surface area contributed by atoms with Crippen LogP contribution >= 0.6 is 0 Å². The van der Waals surface area contributed by atoms with Gasteiger partial charge in [-0.15, -0.1) is 5.10 Å². The maximum atomic E-state index is 15.0. The van der Waals surface area contributed by atoms with E-state index in [-0.39, 0.29) is 93.4 Å². The summed E-state index contributed by atoms with van der Waals surface area (Å²) in [6.07, 6.45) is -5.46. The summed E-state index contributed by atoms with van der Waals surface area (Å²) in [4.78, 5) is 101. The first-order valence-corrected chi connectivity index (χ1v) is 34.8. The van der Waals surface area contributed by atoms with Crippen molar-refractivity contribution in [3.63, 3.8) is 0 Å². The maximum absolute atomic E-state index is 15.0. The molecule has 0 bridgehead atoms. The number of aliphatic hydroxyl groups is 5. The van der Waals surface area contributed by atoms with Gasteiger partial charge in [-0.2, -0.15) is 0 Å². The van der Waals surface area contributed by atoms with E-state index in [2.05, 4.69) is 20.9 Å². The van der Waals surface area contributed by atoms with E-state index in [0.717, 1.165) is 9.80 Å². The Morgan fingerprint density at radius 1 is 0.775 bits per heavy atom. The number of methoxy groups -OCH3 is 2. The molecule has 7 rings (SSSR count). The lowest BCUT2D eigenvalue weighted by atomic mass is 9.89. The zero-order valence-corrected chi connectivity index (χ0v) is 60.5. The van der Waals surface area contributed by atoms with Gasteiger partial charge in [-0.25, -0.2) is 9.48 Å². The first kappa shape index (κ1) is 81.8. The summed E-state index contributed by atoms with van der Waals surface area (Å²) >= 11 is 0. The Morgan fingerprint density at radius 2 is 1.43 bits per heavy atom. The van der Waals surface area contributed by atoms with Crippen LogP contribution in [0.2, 0.25) is 0 Å². The van der Waals surface area contributed by atoms with Gasteiger partial charge in [0.15, 0.2) is 0 Å². The maximum Gasteiger partial charge on any atom is 0.410 e. The third-order valence-electron chi connectivity index (χ3n) is 18.9. The minimum absolute atomic E-state index is 0.0285. The zero-order valence-electron chi connectivity index (χ0n) is 60.5. The minimum atomic E-state index is -1.75. The lowest BCUT2D eigenvalue weighted by molar-refractivity contribution is -0.277. The molecule has 31 heteroatoms. The van der Waals surface area contributed by atoms with Gasteiger partial charge in [0, 0.05) is 52.6 Å². The predicted octanol–water partition coefficient (Wildman–Crippen LogP) is 2.64. The van der Waals surface area contributed by atoms with Gasteiger partial charge in [-0.05, 0) is 61.3 Å². The van der Waals surface area contributed by atoms with E-state index < -0.39 is 128 Å². The minimum Gasteiger partial charge on any atom is -0.461 e. The molecule has 2 saturated heterocycles. The second kappa shape index (κ2) is 39.4. The average Bonchev–Trinajstić information content (AvgIpc) is 1.59. The van der Waals surface area contributed by atoms with Crippen molar-refractivity contribution in [3.8, 4) is 5.75 Å². The summed E-state index contributed by atoms with van der Waals surface area (Å²) in [6, 6.07) is 9.72. The van der Waals surface area contributed by atoms with Crippen molar-refractivity contribution in [3.05, 3.63) is 89.5 Å². The number of imide groups is 1. The largest absolute Gasteiger partial charge is 0.461 e. The molecule has 2 aromatic heterocycles. The van der Waals surface area contributed by atoms with E-state index in [0.29, 0.717) is 73.6 Å². The number of likely N-dealkylation sites (N-methyl/N-ethyl adjacent to an activating group) is 2. The molecular weight excluding hydrogens is 1330 g/mol. The molecular formula is C71H105N9O22. The number of likely N-dealkylation sites (tertiary alicyclic amines) is 1. The molecule has 2 aromatic carbocycles. The van der Waals surface area contributed by atoms with Crippen LogP contribution in [0.5, 0.6) is 5.75 Å². The van der Waals surface area contributed by atoms with Crippen LogP contribution in [0.4, 0.5) is 4.79 Å². The Morgan fingerprint density at radius 3 is 2.05 bits per heavy atom. The van der Waals surface area contributed by atoms with Crippen LogP contribution in [0, 0.1) is 23.7 Å². The normalized spacial score (nSPS) is 21.2. The Hall–Kier alpha value is -7.53. The fraction of sp³-hybridized carbons (Fsp3) is 0.648. The molecule has 0 spiro atoms. The molecule has 15 atom stereocenters. The Bertz CT molecular complexity index is 3370. The number of aromatic nitrogens is 3. The lowest BCUT2D eigenvalue weighted by Gasteiger charge is -2.41. The number of fused-ring (bicyclic) bond motifs is 1. The van der Waals surface area contributed by atoms with E-state index in [9.17, 15) is 59.1 Å². The van der Waals surface area contributed by atoms with Crippen molar-refractivity contribution < 1.29 is 106 Å². The highest BCUT2D eigenvalue weighted by molar-refractivity contribution is 6.12. The van der Waals surface area contributed by atoms with Gasteiger partial charge in [0.05, 0.1) is 126 Å². The summed E-state index contributed by atoms with van der Waals surface area (Å²) in [5.41, 5.74) is 1.66. The van der Waals surface area contributed by atoms with Gasteiger partial charge in [0.1, 0.15) is 72.4 Å². The molecule has 31 nitrogen and oxygen atoms in total. The van der Waals surface area contributed by atoms with Gasteiger partial charge >= 0.3 is 6.09 Å². The van der Waals surface area contributed by atoms with Crippen LogP contribution in [0.15, 0.2) is 71.3 Å². The summed E-state index contributed by atoms with van der Waals surface area (Å²) in [7, 11) is 6.04. The van der Waals surface area contributed by atoms with E-state index >= 15 is 0 Å². The quantitative estimate of drug-likeness (QED) is 0.0248. The fourth-order valence-electron chi connectivity index (χ4n) is 13.0. The number of aliphatic hydroxyl groups excluding tert-OH is 5. The number of carbonyl (C=O) groups is 7. The Kier molecular flexibility index (Phi) is 31.6. The summed E-state index contributed by atoms with van der Waals surface area (Å²) in [6.45, 7) is 16.0. The lowest BCUT2D eigenvalue weighted by Crippen LogP contribution is -2.60. The molecule has 2 fully saturated rings. The van der Waals surface area contributed by atoms with E-state index in [1.54, 1.807) is 77.9 Å². The molecule has 102 heavy (non-hydrogen) atoms. The molecule has 3 aliphatic heterocycles. The standard InChI is InChI=1S/C71H105N9O22/c1-13-43(6)60(53(93-11)35-57(84)79-25-17-20-51(79)65(94-12)44(7)67(89)72-45(8)61(85)46-18-15-14-16-19-46)76(9)69(91)58(41(2)3)73-68(90)59(42(4)5)77(10)71(92)99-39-47-21-22-52(101-70-64(88)63(87)62(86)54(38-81)102-70)50-34-49(100-66(47)50)37-78-36-48(74-75-78)40-98-33-32-97-31-30-96-29-28-95-27-26-80-55(82)23-24-56(80)83/h14-16,18-19,21-24,34,36,41-45,51,53-54,58-65,70,81,85-88H,13,17,20,25-33,35,37-40H2,1-12H3,(H,72,89)(H,73,90)/t43?,44-,45-,51+,53-,54-,58+,59+,60+,61-,62+,63+,64-,65-,70-/m1/s1. The number of nitrogens with one attached hydrogen (secondary N) is 2. The van der Waals surface area contributed by atoms with Crippen LogP contribution in [-0.2, 0) is 86.4 Å². The monoisotopic (exact) mass is 1440 g/mol. The van der Waals surface area contributed by atoms with Crippen LogP contribution in [-0.4, -0.2) is 269 Å². The number of carbonyl (C=O) groups excluding carboxylic acids is 7. The first-order valence-electron chi connectivity index (χ1n) is 34.8. The number of furan rings is 1. The van der Waals surface area contributed by atoms with Crippen LogP contribution in [0.1, 0.15) is 110 Å². The van der Waals surface area contributed by atoms with E-state index in [4.69, 9.17) is 47.0 Å². The van der Waals surface area contributed by atoms with Gasteiger partial charge in [-0.3, -0.25) is 38.6 Å². The second-order valence-corrected chi connectivity index (χ2v) is 26.8. The highest BCUT2D eigenvalue weighted by Crippen LogP contribution is 2.36. The molecule has 4 aromatic rings. The second-order valence-electron chi connectivity index (χ2n) is 26.8. The topological polar surface area (TPSA) is 385 Å². The van der Waals surface area contributed by atoms with Crippen molar-refractivity contribution in [2.45, 2.75) is 180 Å². The fourth-order valence-corrected chi connectivity index (χ4v) is 13.0. The van der Waals surface area contributed by atoms with Gasteiger partial charge in [0.25, 0.3) is 11.8 Å². The number of ether oxygens (including phenoxy) is 9. The third-order valence-corrected chi connectivity index (χ3v) is 18.9. The number of nitrogens with zero attached hydrogens (tertiary/aromatic N) is 7. The molecule has 1 unspecified atom stereocenters. The van der Waals surface area contributed by atoms with E-state index in [1.807, 2.05) is 32.0 Å². The van der Waals surface area contributed by atoms with Crippen molar-refractivity contribution in [2.24, 2.45) is 23.7 Å². The molecule has 0 radical (unpaired) electrons.